The van der Waals surface area contributed by atoms with Crippen molar-refractivity contribution in [3.05, 3.63) is 36.5 Å². The van der Waals surface area contributed by atoms with Crippen LogP contribution in [-0.2, 0) is 11.2 Å². The number of ether oxygens (including phenoxy) is 1. The van der Waals surface area contributed by atoms with E-state index in [9.17, 15) is 4.79 Å². The van der Waals surface area contributed by atoms with E-state index < -0.39 is 6.10 Å². The summed E-state index contributed by atoms with van der Waals surface area (Å²) < 4.78 is 10.5. The van der Waals surface area contributed by atoms with Gasteiger partial charge >= 0.3 is 0 Å². The minimum atomic E-state index is -0.535. The van der Waals surface area contributed by atoms with Gasteiger partial charge in [0.05, 0.1) is 12.2 Å². The van der Waals surface area contributed by atoms with Crippen LogP contribution < -0.4 is 15.4 Å². The second-order valence-electron chi connectivity index (χ2n) is 4.36. The van der Waals surface area contributed by atoms with Gasteiger partial charge < -0.3 is 19.9 Å². The molecule has 0 saturated carbocycles. The number of fused-ring (bicyclic) bond motifs is 1. The van der Waals surface area contributed by atoms with E-state index in [-0.39, 0.29) is 5.91 Å². The van der Waals surface area contributed by atoms with E-state index >= 15 is 0 Å². The zero-order valence-corrected chi connectivity index (χ0v) is 10.7. The lowest BCUT2D eigenvalue weighted by atomic mass is 10.2. The van der Waals surface area contributed by atoms with Gasteiger partial charge in [0.2, 0.25) is 5.89 Å². The summed E-state index contributed by atoms with van der Waals surface area (Å²) in [6.07, 6.45) is 1.30. The summed E-state index contributed by atoms with van der Waals surface area (Å²) in [5, 5.41) is 9.46. The van der Waals surface area contributed by atoms with Crippen molar-refractivity contribution < 1.29 is 14.1 Å². The molecule has 1 aliphatic rings. The molecule has 1 unspecified atom stereocenters. The van der Waals surface area contributed by atoms with Gasteiger partial charge in [-0.1, -0.05) is 17.3 Å². The number of hydrogen-bond donors (Lipinski definition) is 2. The quantitative estimate of drug-likeness (QED) is 0.848. The molecule has 104 valence electrons. The first-order valence-electron chi connectivity index (χ1n) is 6.36. The molecule has 1 aromatic heterocycles. The Bertz CT molecular complexity index is 585. The fourth-order valence-electron chi connectivity index (χ4n) is 1.97. The maximum Gasteiger partial charge on any atom is 0.262 e. The molecule has 1 aliphatic heterocycles. The lowest BCUT2D eigenvalue weighted by molar-refractivity contribution is -0.127. The van der Waals surface area contributed by atoms with Gasteiger partial charge in [-0.2, -0.15) is 4.98 Å². The van der Waals surface area contributed by atoms with Crippen LogP contribution >= 0.6 is 0 Å². The number of rotatable bonds is 4. The van der Waals surface area contributed by atoms with E-state index in [1.807, 2.05) is 24.3 Å². The van der Waals surface area contributed by atoms with Crippen LogP contribution in [0, 0.1) is 0 Å². The number of carbonyl (C=O) groups excluding carboxylic acids is 1. The average molecular weight is 274 g/mol. The second kappa shape index (κ2) is 5.60. The highest BCUT2D eigenvalue weighted by Crippen LogP contribution is 2.28. The SMILES string of the molecule is O=C(NCCc1ncno1)C1CNc2ccccc2O1. The number of amides is 1. The summed E-state index contributed by atoms with van der Waals surface area (Å²) in [6, 6.07) is 7.54. The van der Waals surface area contributed by atoms with Gasteiger partial charge in [0.25, 0.3) is 5.91 Å². The van der Waals surface area contributed by atoms with Crippen LogP contribution in [0.15, 0.2) is 35.1 Å². The number of nitrogens with one attached hydrogen (secondary N) is 2. The Balaban J connectivity index is 1.51. The lowest BCUT2D eigenvalue weighted by Gasteiger charge is -2.26. The van der Waals surface area contributed by atoms with Crippen LogP contribution in [0.1, 0.15) is 5.89 Å². The summed E-state index contributed by atoms with van der Waals surface area (Å²) in [6.45, 7) is 0.881. The molecule has 2 aromatic rings. The molecule has 0 fully saturated rings. The van der Waals surface area contributed by atoms with Crippen LogP contribution in [0.2, 0.25) is 0 Å². The van der Waals surface area contributed by atoms with Gasteiger partial charge in [0.15, 0.2) is 12.4 Å². The van der Waals surface area contributed by atoms with Crippen molar-refractivity contribution in [1.82, 2.24) is 15.5 Å². The van der Waals surface area contributed by atoms with E-state index in [2.05, 4.69) is 20.8 Å². The zero-order chi connectivity index (χ0) is 13.8. The summed E-state index contributed by atoms with van der Waals surface area (Å²) in [5.74, 6) is 1.03. The van der Waals surface area contributed by atoms with Crippen LogP contribution in [0.3, 0.4) is 0 Å². The van der Waals surface area contributed by atoms with E-state index in [0.29, 0.717) is 31.2 Å². The highest BCUT2D eigenvalue weighted by Gasteiger charge is 2.25. The average Bonchev–Trinajstić information content (AvgIpc) is 3.00. The van der Waals surface area contributed by atoms with E-state index in [0.717, 1.165) is 5.69 Å². The van der Waals surface area contributed by atoms with Crippen LogP contribution in [-0.4, -0.2) is 35.2 Å². The van der Waals surface area contributed by atoms with Gasteiger partial charge in [0, 0.05) is 13.0 Å². The number of nitrogens with zero attached hydrogens (tertiary/aromatic N) is 2. The fourth-order valence-corrected chi connectivity index (χ4v) is 1.97. The Morgan fingerprint density at radius 1 is 1.45 bits per heavy atom. The summed E-state index contributed by atoms with van der Waals surface area (Å²) in [4.78, 5) is 15.9. The first-order valence-corrected chi connectivity index (χ1v) is 6.36. The predicted molar refractivity (Wildman–Crippen MR) is 70.4 cm³/mol. The number of aromatic nitrogens is 2. The first-order chi connectivity index (χ1) is 9.83. The second-order valence-corrected chi connectivity index (χ2v) is 4.36. The highest BCUT2D eigenvalue weighted by molar-refractivity contribution is 5.83. The van der Waals surface area contributed by atoms with E-state index in [4.69, 9.17) is 9.26 Å². The summed E-state index contributed by atoms with van der Waals surface area (Å²) in [7, 11) is 0. The Morgan fingerprint density at radius 2 is 2.35 bits per heavy atom. The molecule has 0 radical (unpaired) electrons. The number of carbonyl (C=O) groups is 1. The Labute approximate surface area is 115 Å². The predicted octanol–water partition coefficient (Wildman–Crippen LogP) is 0.601. The topological polar surface area (TPSA) is 89.3 Å². The van der Waals surface area contributed by atoms with Gasteiger partial charge in [-0.3, -0.25) is 4.79 Å². The minimum Gasteiger partial charge on any atom is -0.477 e. The standard InChI is InChI=1S/C13H14N4O3/c18-13(14-6-5-12-16-8-17-20-12)11-7-15-9-3-1-2-4-10(9)19-11/h1-4,8,11,15H,5-7H2,(H,14,18). The number of para-hydroxylation sites is 2. The Kier molecular flexibility index (Phi) is 3.49. The molecule has 0 bridgehead atoms. The molecule has 0 aliphatic carbocycles. The first kappa shape index (κ1) is 12.5. The number of hydrogen-bond acceptors (Lipinski definition) is 6. The van der Waals surface area contributed by atoms with E-state index in [1.54, 1.807) is 0 Å². The molecule has 1 atom stereocenters. The molecule has 20 heavy (non-hydrogen) atoms. The van der Waals surface area contributed by atoms with Crippen molar-refractivity contribution in [3.63, 3.8) is 0 Å². The molecule has 2 heterocycles. The third kappa shape index (κ3) is 2.71. The van der Waals surface area contributed by atoms with Crippen LogP contribution in [0.25, 0.3) is 0 Å². The molecule has 0 saturated heterocycles. The maximum absolute atomic E-state index is 12.0. The minimum absolute atomic E-state index is 0.161. The fraction of sp³-hybridized carbons (Fsp3) is 0.308. The van der Waals surface area contributed by atoms with Crippen LogP contribution in [0.5, 0.6) is 5.75 Å². The monoisotopic (exact) mass is 274 g/mol. The van der Waals surface area contributed by atoms with E-state index in [1.165, 1.54) is 6.33 Å². The summed E-state index contributed by atoms with van der Waals surface area (Å²) >= 11 is 0. The molecule has 7 nitrogen and oxygen atoms in total. The molecule has 2 N–H and O–H groups in total. The Morgan fingerprint density at radius 3 is 3.20 bits per heavy atom. The summed E-state index contributed by atoms with van der Waals surface area (Å²) in [5.41, 5.74) is 0.905. The number of anilines is 1. The highest BCUT2D eigenvalue weighted by atomic mass is 16.5. The number of benzene rings is 1. The van der Waals surface area contributed by atoms with Crippen molar-refractivity contribution in [2.45, 2.75) is 12.5 Å². The van der Waals surface area contributed by atoms with Crippen LogP contribution in [0.4, 0.5) is 5.69 Å². The van der Waals surface area contributed by atoms with Gasteiger partial charge in [-0.15, -0.1) is 0 Å². The molecule has 1 amide bonds. The largest absolute Gasteiger partial charge is 0.477 e. The van der Waals surface area contributed by atoms with Crippen molar-refractivity contribution in [2.75, 3.05) is 18.4 Å². The van der Waals surface area contributed by atoms with Crippen molar-refractivity contribution in [3.8, 4) is 5.75 Å². The van der Waals surface area contributed by atoms with Crippen molar-refractivity contribution >= 4 is 11.6 Å². The van der Waals surface area contributed by atoms with Gasteiger partial charge in [-0.05, 0) is 12.1 Å². The Hall–Kier alpha value is -2.57. The van der Waals surface area contributed by atoms with Gasteiger partial charge in [-0.25, -0.2) is 0 Å². The molecule has 0 spiro atoms. The third-order valence-corrected chi connectivity index (χ3v) is 2.97. The molecule has 1 aromatic carbocycles. The zero-order valence-electron chi connectivity index (χ0n) is 10.7. The molecular weight excluding hydrogens is 260 g/mol. The van der Waals surface area contributed by atoms with Crippen molar-refractivity contribution in [2.24, 2.45) is 0 Å². The van der Waals surface area contributed by atoms with Gasteiger partial charge in [0.1, 0.15) is 5.75 Å². The lowest BCUT2D eigenvalue weighted by Crippen LogP contribution is -2.45. The smallest absolute Gasteiger partial charge is 0.262 e. The van der Waals surface area contributed by atoms with Crippen molar-refractivity contribution in [1.29, 1.82) is 0 Å². The third-order valence-electron chi connectivity index (χ3n) is 2.97. The normalized spacial score (nSPS) is 16.7. The molecule has 7 heteroatoms. The molecular formula is C13H14N4O3. The maximum atomic E-state index is 12.0. The molecule has 3 rings (SSSR count).